The van der Waals surface area contributed by atoms with Crippen LogP contribution in [0, 0.1) is 17.5 Å². The maximum absolute atomic E-state index is 13.9. The molecule has 0 heterocycles. The van der Waals surface area contributed by atoms with Crippen LogP contribution in [-0.2, 0) is 6.42 Å². The van der Waals surface area contributed by atoms with Crippen molar-refractivity contribution in [1.29, 1.82) is 0 Å². The Balaban J connectivity index is 2.34. The maximum atomic E-state index is 13.9. The van der Waals surface area contributed by atoms with Gasteiger partial charge in [0.2, 0.25) is 0 Å². The quantitative estimate of drug-likeness (QED) is 0.473. The normalized spacial score (nSPS) is 12.5. The van der Waals surface area contributed by atoms with Crippen molar-refractivity contribution in [2.45, 2.75) is 12.5 Å². The van der Waals surface area contributed by atoms with Crippen molar-refractivity contribution < 1.29 is 13.2 Å². The summed E-state index contributed by atoms with van der Waals surface area (Å²) in [5.74, 6) is 3.64. The first-order valence-corrected chi connectivity index (χ1v) is 7.14. The van der Waals surface area contributed by atoms with Gasteiger partial charge < -0.3 is 0 Å². The summed E-state index contributed by atoms with van der Waals surface area (Å²) in [5, 5.41) is -0.296. The van der Waals surface area contributed by atoms with Crippen molar-refractivity contribution in [3.05, 3.63) is 68.4 Å². The first-order valence-electron chi connectivity index (χ1n) is 5.97. The van der Waals surface area contributed by atoms with Crippen molar-refractivity contribution in [1.82, 2.24) is 5.43 Å². The topological polar surface area (TPSA) is 38.0 Å². The van der Waals surface area contributed by atoms with E-state index in [1.54, 1.807) is 6.07 Å². The van der Waals surface area contributed by atoms with E-state index < -0.39 is 23.5 Å². The van der Waals surface area contributed by atoms with Gasteiger partial charge >= 0.3 is 0 Å². The number of hydrogen-bond acceptors (Lipinski definition) is 2. The molecule has 0 aliphatic heterocycles. The number of nitrogens with one attached hydrogen (secondary N) is 1. The third kappa shape index (κ3) is 3.77. The Labute approximate surface area is 133 Å². The van der Waals surface area contributed by atoms with Crippen LogP contribution in [-0.4, -0.2) is 0 Å². The van der Waals surface area contributed by atoms with Crippen molar-refractivity contribution >= 4 is 27.5 Å². The van der Waals surface area contributed by atoms with Gasteiger partial charge in [-0.1, -0.05) is 33.6 Å². The Bertz CT molecular complexity index is 667. The molecule has 21 heavy (non-hydrogen) atoms. The zero-order chi connectivity index (χ0) is 15.6. The second kappa shape index (κ2) is 6.79. The first-order chi connectivity index (χ1) is 9.92. The van der Waals surface area contributed by atoms with E-state index in [1.807, 2.05) is 0 Å². The van der Waals surface area contributed by atoms with Gasteiger partial charge in [-0.05, 0) is 36.2 Å². The minimum Gasteiger partial charge on any atom is -0.271 e. The maximum Gasteiger partial charge on any atom is 0.142 e. The molecule has 0 saturated carbocycles. The van der Waals surface area contributed by atoms with Crippen LogP contribution in [0.3, 0.4) is 0 Å². The molecule has 0 aliphatic carbocycles. The molecule has 0 spiro atoms. The predicted molar refractivity (Wildman–Crippen MR) is 79.2 cm³/mol. The monoisotopic (exact) mass is 378 g/mol. The van der Waals surface area contributed by atoms with E-state index in [0.717, 1.165) is 12.1 Å². The lowest BCUT2D eigenvalue weighted by molar-refractivity contribution is 0.501. The Morgan fingerprint density at radius 3 is 2.48 bits per heavy atom. The van der Waals surface area contributed by atoms with Crippen LogP contribution in [0.2, 0.25) is 5.02 Å². The van der Waals surface area contributed by atoms with Gasteiger partial charge in [-0.15, -0.1) is 0 Å². The summed E-state index contributed by atoms with van der Waals surface area (Å²) in [6.07, 6.45) is 0.245. The molecule has 0 aliphatic rings. The lowest BCUT2D eigenvalue weighted by Gasteiger charge is -2.18. The number of hydrazine groups is 1. The van der Waals surface area contributed by atoms with Gasteiger partial charge in [0.25, 0.3) is 0 Å². The van der Waals surface area contributed by atoms with E-state index in [9.17, 15) is 13.2 Å². The van der Waals surface area contributed by atoms with Crippen molar-refractivity contribution in [2.75, 3.05) is 0 Å². The van der Waals surface area contributed by atoms with Gasteiger partial charge in [-0.3, -0.25) is 11.3 Å². The van der Waals surface area contributed by atoms with Crippen molar-refractivity contribution in [2.24, 2.45) is 5.84 Å². The van der Waals surface area contributed by atoms with Gasteiger partial charge in [0.15, 0.2) is 0 Å². The molecule has 0 radical (unpaired) electrons. The number of rotatable bonds is 4. The van der Waals surface area contributed by atoms with Gasteiger partial charge in [0, 0.05) is 10.0 Å². The van der Waals surface area contributed by atoms with E-state index in [1.165, 1.54) is 12.1 Å². The molecule has 2 aromatic carbocycles. The highest BCUT2D eigenvalue weighted by Crippen LogP contribution is 2.28. The van der Waals surface area contributed by atoms with Crippen LogP contribution < -0.4 is 11.3 Å². The molecule has 0 aromatic heterocycles. The summed E-state index contributed by atoms with van der Waals surface area (Å²) in [5.41, 5.74) is 3.19. The van der Waals surface area contributed by atoms with Crippen LogP contribution in [0.4, 0.5) is 13.2 Å². The second-order valence-corrected chi connectivity index (χ2v) is 5.71. The fraction of sp³-hybridized carbons (Fsp3) is 0.143. The van der Waals surface area contributed by atoms with Crippen molar-refractivity contribution in [3.63, 3.8) is 0 Å². The van der Waals surface area contributed by atoms with E-state index in [2.05, 4.69) is 21.4 Å². The van der Waals surface area contributed by atoms with Crippen LogP contribution in [0.5, 0.6) is 0 Å². The third-order valence-corrected chi connectivity index (χ3v) is 4.08. The fourth-order valence-corrected chi connectivity index (χ4v) is 2.63. The molecular formula is C14H11BrClF3N2. The van der Waals surface area contributed by atoms with Crippen molar-refractivity contribution in [3.8, 4) is 0 Å². The zero-order valence-corrected chi connectivity index (χ0v) is 13.0. The van der Waals surface area contributed by atoms with Gasteiger partial charge in [0.05, 0.1) is 11.1 Å². The Kier molecular flexibility index (Phi) is 5.27. The van der Waals surface area contributed by atoms with Gasteiger partial charge in [-0.25, -0.2) is 13.2 Å². The Hall–Kier alpha value is -1.08. The summed E-state index contributed by atoms with van der Waals surface area (Å²) in [7, 11) is 0. The average Bonchev–Trinajstić information content (AvgIpc) is 2.43. The predicted octanol–water partition coefficient (Wildman–Crippen LogP) is 4.27. The molecule has 2 nitrogen and oxygen atoms in total. The first kappa shape index (κ1) is 16.3. The largest absolute Gasteiger partial charge is 0.271 e. The van der Waals surface area contributed by atoms with Crippen LogP contribution in [0.25, 0.3) is 0 Å². The smallest absolute Gasteiger partial charge is 0.142 e. The lowest BCUT2D eigenvalue weighted by atomic mass is 9.98. The molecule has 0 saturated heterocycles. The molecule has 112 valence electrons. The van der Waals surface area contributed by atoms with E-state index >= 15 is 0 Å². The van der Waals surface area contributed by atoms with Crippen LogP contribution in [0.15, 0.2) is 34.8 Å². The number of nitrogens with two attached hydrogens (primary N) is 1. The molecule has 2 aromatic rings. The Morgan fingerprint density at radius 1 is 1.14 bits per heavy atom. The molecule has 1 atom stereocenters. The molecule has 0 amide bonds. The van der Waals surface area contributed by atoms with Crippen LogP contribution >= 0.6 is 27.5 Å². The minimum absolute atomic E-state index is 0.0515. The van der Waals surface area contributed by atoms with E-state index in [4.69, 9.17) is 17.4 Å². The number of hydrogen-bond donors (Lipinski definition) is 2. The average molecular weight is 380 g/mol. The van der Waals surface area contributed by atoms with Gasteiger partial charge in [-0.2, -0.15) is 0 Å². The highest BCUT2D eigenvalue weighted by Gasteiger charge is 2.19. The molecule has 0 fully saturated rings. The molecule has 2 rings (SSSR count). The third-order valence-electron chi connectivity index (χ3n) is 3.06. The molecule has 0 bridgehead atoms. The lowest BCUT2D eigenvalue weighted by Crippen LogP contribution is -2.30. The Morgan fingerprint density at radius 2 is 1.86 bits per heavy atom. The van der Waals surface area contributed by atoms with Crippen LogP contribution in [0.1, 0.15) is 17.2 Å². The second-order valence-electron chi connectivity index (χ2n) is 4.45. The van der Waals surface area contributed by atoms with E-state index in [-0.39, 0.29) is 17.0 Å². The van der Waals surface area contributed by atoms with Gasteiger partial charge in [0.1, 0.15) is 17.5 Å². The highest BCUT2D eigenvalue weighted by molar-refractivity contribution is 9.10. The summed E-state index contributed by atoms with van der Waals surface area (Å²) in [6, 6.07) is 5.34. The SMILES string of the molecule is NNC(Cc1ccc(F)cc1Br)c1cc(F)c(Cl)cc1F. The molecule has 3 N–H and O–H groups in total. The fourth-order valence-electron chi connectivity index (χ4n) is 1.97. The highest BCUT2D eigenvalue weighted by atomic mass is 79.9. The summed E-state index contributed by atoms with van der Waals surface area (Å²) < 4.78 is 41.0. The summed E-state index contributed by atoms with van der Waals surface area (Å²) >= 11 is 8.75. The molecule has 7 heteroatoms. The summed E-state index contributed by atoms with van der Waals surface area (Å²) in [6.45, 7) is 0. The molecular weight excluding hydrogens is 369 g/mol. The zero-order valence-electron chi connectivity index (χ0n) is 10.6. The van der Waals surface area contributed by atoms with E-state index in [0.29, 0.717) is 10.0 Å². The minimum atomic E-state index is -0.730. The number of halogens is 5. The molecule has 1 unspecified atom stereocenters. The number of benzene rings is 2. The summed E-state index contributed by atoms with van der Waals surface area (Å²) in [4.78, 5) is 0. The standard InChI is InChI=1S/C14H11BrClF3N2/c15-10-4-8(17)2-1-7(10)3-14(21-20)9-5-13(19)11(16)6-12(9)18/h1-2,4-6,14,21H,3,20H2.